The highest BCUT2D eigenvalue weighted by Gasteiger charge is 2.20. The Hall–Kier alpha value is -3.39. The zero-order valence-electron chi connectivity index (χ0n) is 19.1. The number of anilines is 1. The van der Waals surface area contributed by atoms with Crippen LogP contribution in [-0.2, 0) is 11.3 Å². The Morgan fingerprint density at radius 1 is 1.09 bits per heavy atom. The van der Waals surface area contributed by atoms with E-state index < -0.39 is 11.7 Å². The van der Waals surface area contributed by atoms with Crippen molar-refractivity contribution in [3.05, 3.63) is 65.0 Å². The maximum absolute atomic E-state index is 13.1. The normalized spacial score (nSPS) is 11.2. The number of ether oxygens (including phenoxy) is 1. The zero-order valence-corrected chi connectivity index (χ0v) is 19.8. The Labute approximate surface area is 197 Å². The predicted octanol–water partition coefficient (Wildman–Crippen LogP) is 5.79. The second-order valence-electron chi connectivity index (χ2n) is 8.41. The lowest BCUT2D eigenvalue weighted by Gasteiger charge is -2.21. The highest BCUT2D eigenvalue weighted by Crippen LogP contribution is 2.26. The number of benzene rings is 2. The molecule has 1 heterocycles. The van der Waals surface area contributed by atoms with E-state index in [2.05, 4.69) is 15.5 Å². The highest BCUT2D eigenvalue weighted by molar-refractivity contribution is 6.33. The fraction of sp³-hybridized carbons (Fsp3) is 0.333. The summed E-state index contributed by atoms with van der Waals surface area (Å²) in [7, 11) is 0. The molecule has 0 aliphatic carbocycles. The van der Waals surface area contributed by atoms with Gasteiger partial charge in [-0.05, 0) is 63.6 Å². The minimum absolute atomic E-state index is 0.169. The van der Waals surface area contributed by atoms with Crippen LogP contribution < -0.4 is 5.32 Å². The summed E-state index contributed by atoms with van der Waals surface area (Å²) in [5.74, 6) is 0.435. The lowest BCUT2D eigenvalue weighted by atomic mass is 10.1. The average Bonchev–Trinajstić information content (AvgIpc) is 3.21. The van der Waals surface area contributed by atoms with Gasteiger partial charge in [-0.15, -0.1) is 10.2 Å². The molecule has 0 atom stereocenters. The van der Waals surface area contributed by atoms with Gasteiger partial charge in [0.25, 0.3) is 5.91 Å². The first-order valence-corrected chi connectivity index (χ1v) is 11.0. The third-order valence-electron chi connectivity index (χ3n) is 4.46. The second-order valence-corrected chi connectivity index (χ2v) is 8.82. The summed E-state index contributed by atoms with van der Waals surface area (Å²) in [6, 6.07) is 13.8. The van der Waals surface area contributed by atoms with Gasteiger partial charge in [0, 0.05) is 17.8 Å². The van der Waals surface area contributed by atoms with Gasteiger partial charge in [-0.2, -0.15) is 0 Å². The minimum Gasteiger partial charge on any atom is -0.444 e. The quantitative estimate of drug-likeness (QED) is 0.469. The van der Waals surface area contributed by atoms with Gasteiger partial charge in [0.15, 0.2) is 0 Å². The van der Waals surface area contributed by atoms with E-state index in [0.717, 1.165) is 6.42 Å². The molecule has 8 nitrogen and oxygen atoms in total. The van der Waals surface area contributed by atoms with E-state index in [1.807, 2.05) is 19.1 Å². The summed E-state index contributed by atoms with van der Waals surface area (Å²) >= 11 is 6.20. The molecule has 3 rings (SSSR count). The molecule has 0 fully saturated rings. The van der Waals surface area contributed by atoms with E-state index >= 15 is 0 Å². The van der Waals surface area contributed by atoms with E-state index in [4.69, 9.17) is 20.8 Å². The molecular weight excluding hydrogens is 444 g/mol. The molecule has 0 radical (unpaired) electrons. The number of nitrogens with one attached hydrogen (secondary N) is 1. The van der Waals surface area contributed by atoms with Gasteiger partial charge in [0.1, 0.15) is 5.60 Å². The smallest absolute Gasteiger partial charge is 0.412 e. The minimum atomic E-state index is -0.596. The van der Waals surface area contributed by atoms with Gasteiger partial charge in [-0.1, -0.05) is 30.7 Å². The van der Waals surface area contributed by atoms with Crippen LogP contribution >= 0.6 is 11.6 Å². The van der Waals surface area contributed by atoms with Crippen molar-refractivity contribution in [2.24, 2.45) is 0 Å². The van der Waals surface area contributed by atoms with Gasteiger partial charge in [-0.3, -0.25) is 10.1 Å². The van der Waals surface area contributed by atoms with Crippen LogP contribution in [0.5, 0.6) is 0 Å². The number of rotatable bonds is 7. The van der Waals surface area contributed by atoms with E-state index in [9.17, 15) is 9.59 Å². The number of hydrogen-bond acceptors (Lipinski definition) is 6. The molecule has 1 N–H and O–H groups in total. The van der Waals surface area contributed by atoms with Crippen LogP contribution in [0.3, 0.4) is 0 Å². The molecule has 174 valence electrons. The van der Waals surface area contributed by atoms with Crippen LogP contribution in [0.15, 0.2) is 52.9 Å². The van der Waals surface area contributed by atoms with E-state index in [1.54, 1.807) is 62.1 Å². The molecular formula is C24H27ClN4O4. The Balaban J connectivity index is 1.69. The molecule has 0 unspecified atom stereocenters. The summed E-state index contributed by atoms with van der Waals surface area (Å²) in [5, 5.41) is 11.3. The fourth-order valence-corrected chi connectivity index (χ4v) is 3.26. The molecule has 2 aromatic carbocycles. The standard InChI is InChI=1S/C24H27ClN4O4/c1-5-14-29(15-20-27-28-21(32-20)18-8-6-7-9-19(18)25)22(30)16-10-12-17(13-11-16)26-23(31)33-24(2,3)4/h6-13H,5,14-15H2,1-4H3,(H,26,31). The van der Waals surface area contributed by atoms with Crippen molar-refractivity contribution >= 4 is 29.3 Å². The molecule has 9 heteroatoms. The van der Waals surface area contributed by atoms with Crippen LogP contribution in [0.1, 0.15) is 50.4 Å². The predicted molar refractivity (Wildman–Crippen MR) is 126 cm³/mol. The molecule has 0 aliphatic rings. The first-order chi connectivity index (χ1) is 15.7. The van der Waals surface area contributed by atoms with Gasteiger partial charge < -0.3 is 14.1 Å². The number of aromatic nitrogens is 2. The number of amides is 2. The lowest BCUT2D eigenvalue weighted by molar-refractivity contribution is 0.0635. The molecule has 2 amide bonds. The Kier molecular flexibility index (Phi) is 7.71. The number of halogens is 1. The fourth-order valence-electron chi connectivity index (χ4n) is 3.05. The maximum atomic E-state index is 13.1. The lowest BCUT2D eigenvalue weighted by Crippen LogP contribution is -2.31. The maximum Gasteiger partial charge on any atom is 0.412 e. The number of hydrogen-bond donors (Lipinski definition) is 1. The number of nitrogens with zero attached hydrogens (tertiary/aromatic N) is 3. The molecule has 0 bridgehead atoms. The summed E-state index contributed by atoms with van der Waals surface area (Å²) in [5.41, 5.74) is 1.05. The first kappa shape index (κ1) is 24.3. The van der Waals surface area contributed by atoms with Crippen molar-refractivity contribution in [2.45, 2.75) is 46.3 Å². The molecule has 0 saturated heterocycles. The van der Waals surface area contributed by atoms with Gasteiger partial charge >= 0.3 is 6.09 Å². The highest BCUT2D eigenvalue weighted by atomic mass is 35.5. The van der Waals surface area contributed by atoms with Crippen molar-refractivity contribution in [2.75, 3.05) is 11.9 Å². The first-order valence-electron chi connectivity index (χ1n) is 10.6. The molecule has 0 saturated carbocycles. The van der Waals surface area contributed by atoms with E-state index in [-0.39, 0.29) is 12.5 Å². The van der Waals surface area contributed by atoms with Crippen LogP contribution in [0.25, 0.3) is 11.5 Å². The number of carbonyl (C=O) groups excluding carboxylic acids is 2. The molecule has 33 heavy (non-hydrogen) atoms. The molecule has 1 aromatic heterocycles. The molecule has 0 spiro atoms. The van der Waals surface area contributed by atoms with Crippen LogP contribution in [-0.4, -0.2) is 39.2 Å². The summed E-state index contributed by atoms with van der Waals surface area (Å²) in [6.45, 7) is 8.03. The van der Waals surface area contributed by atoms with Crippen molar-refractivity contribution < 1.29 is 18.7 Å². The van der Waals surface area contributed by atoms with Gasteiger partial charge in [-0.25, -0.2) is 4.79 Å². The zero-order chi connectivity index (χ0) is 24.0. The Bertz CT molecular complexity index is 1110. The molecule has 3 aromatic rings. The summed E-state index contributed by atoms with van der Waals surface area (Å²) < 4.78 is 11.0. The van der Waals surface area contributed by atoms with Crippen molar-refractivity contribution in [3.8, 4) is 11.5 Å². The summed E-state index contributed by atoms with van der Waals surface area (Å²) in [4.78, 5) is 26.7. The van der Waals surface area contributed by atoms with Crippen molar-refractivity contribution in [3.63, 3.8) is 0 Å². The second kappa shape index (κ2) is 10.5. The third kappa shape index (κ3) is 6.79. The Morgan fingerprint density at radius 3 is 2.42 bits per heavy atom. The SMILES string of the molecule is CCCN(Cc1nnc(-c2ccccc2Cl)o1)C(=O)c1ccc(NC(=O)OC(C)(C)C)cc1. The van der Waals surface area contributed by atoms with Crippen molar-refractivity contribution in [1.82, 2.24) is 15.1 Å². The van der Waals surface area contributed by atoms with Crippen molar-refractivity contribution in [1.29, 1.82) is 0 Å². The largest absolute Gasteiger partial charge is 0.444 e. The third-order valence-corrected chi connectivity index (χ3v) is 4.78. The topological polar surface area (TPSA) is 97.6 Å². The van der Waals surface area contributed by atoms with E-state index in [1.165, 1.54) is 0 Å². The van der Waals surface area contributed by atoms with Crippen LogP contribution in [0, 0.1) is 0 Å². The monoisotopic (exact) mass is 470 g/mol. The van der Waals surface area contributed by atoms with E-state index in [0.29, 0.717) is 40.2 Å². The van der Waals surface area contributed by atoms with Gasteiger partial charge in [0.05, 0.1) is 17.1 Å². The summed E-state index contributed by atoms with van der Waals surface area (Å²) in [6.07, 6.45) is 0.204. The van der Waals surface area contributed by atoms with Crippen LogP contribution in [0.4, 0.5) is 10.5 Å². The van der Waals surface area contributed by atoms with Crippen LogP contribution in [0.2, 0.25) is 5.02 Å². The molecule has 0 aliphatic heterocycles. The average molecular weight is 471 g/mol. The van der Waals surface area contributed by atoms with Gasteiger partial charge in [0.2, 0.25) is 11.8 Å². The number of carbonyl (C=O) groups is 2. The Morgan fingerprint density at radius 2 is 1.79 bits per heavy atom.